The summed E-state index contributed by atoms with van der Waals surface area (Å²) in [6.45, 7) is 2.36. The van der Waals surface area contributed by atoms with E-state index in [0.29, 0.717) is 24.1 Å². The molecule has 1 amide bonds. The molecule has 7 heteroatoms. The van der Waals surface area contributed by atoms with E-state index in [0.717, 1.165) is 17.7 Å². The molecule has 26 heavy (non-hydrogen) atoms. The van der Waals surface area contributed by atoms with Crippen molar-refractivity contribution < 1.29 is 4.79 Å². The van der Waals surface area contributed by atoms with Gasteiger partial charge in [-0.05, 0) is 36.6 Å². The summed E-state index contributed by atoms with van der Waals surface area (Å²) in [4.78, 5) is 16.7. The van der Waals surface area contributed by atoms with Crippen LogP contribution < -0.4 is 11.1 Å². The monoisotopic (exact) mass is 377 g/mol. The average Bonchev–Trinajstić information content (AvgIpc) is 3.12. The van der Waals surface area contributed by atoms with E-state index in [-0.39, 0.29) is 24.2 Å². The number of nitrogens with one attached hydrogen (secondary N) is 2. The van der Waals surface area contributed by atoms with Gasteiger partial charge >= 0.3 is 0 Å². The smallest absolute Gasteiger partial charge is 0.227 e. The largest absolute Gasteiger partial charge is 0.326 e. The SMILES string of the molecule is CC(CC1CCCCC1)C(=O)Nc1ccc(-c2n[nH]c(CN)n2)cc1.Cl. The zero-order valence-corrected chi connectivity index (χ0v) is 16.0. The fourth-order valence-corrected chi connectivity index (χ4v) is 3.51. The lowest BCUT2D eigenvalue weighted by Gasteiger charge is -2.24. The number of hydrogen-bond acceptors (Lipinski definition) is 4. The highest BCUT2D eigenvalue weighted by Crippen LogP contribution is 2.29. The Labute approximate surface area is 160 Å². The molecule has 1 saturated carbocycles. The highest BCUT2D eigenvalue weighted by Gasteiger charge is 2.21. The molecule has 1 heterocycles. The predicted octanol–water partition coefficient (Wildman–Crippen LogP) is 3.90. The number of rotatable bonds is 6. The maximum atomic E-state index is 12.4. The first kappa shape index (κ1) is 20.4. The Balaban J connectivity index is 0.00000243. The van der Waals surface area contributed by atoms with E-state index in [9.17, 15) is 4.79 Å². The molecule has 0 spiro atoms. The van der Waals surface area contributed by atoms with Crippen LogP contribution in [0.4, 0.5) is 5.69 Å². The Bertz CT molecular complexity index is 694. The number of amides is 1. The number of halogens is 1. The Morgan fingerprint density at radius 3 is 2.58 bits per heavy atom. The number of nitrogens with two attached hydrogens (primary N) is 1. The van der Waals surface area contributed by atoms with E-state index in [1.165, 1.54) is 32.1 Å². The van der Waals surface area contributed by atoms with Crippen LogP contribution in [0.1, 0.15) is 51.3 Å². The summed E-state index contributed by atoms with van der Waals surface area (Å²) in [5.41, 5.74) is 7.23. The first-order valence-corrected chi connectivity index (χ1v) is 9.18. The topological polar surface area (TPSA) is 96.7 Å². The predicted molar refractivity (Wildman–Crippen MR) is 106 cm³/mol. The summed E-state index contributed by atoms with van der Waals surface area (Å²) in [6, 6.07) is 7.59. The Morgan fingerprint density at radius 1 is 1.27 bits per heavy atom. The molecule has 0 aliphatic heterocycles. The number of hydrogen-bond donors (Lipinski definition) is 3. The average molecular weight is 378 g/mol. The van der Waals surface area contributed by atoms with Gasteiger partial charge in [0.2, 0.25) is 5.91 Å². The van der Waals surface area contributed by atoms with Gasteiger partial charge in [-0.1, -0.05) is 39.0 Å². The van der Waals surface area contributed by atoms with Gasteiger partial charge in [0.15, 0.2) is 5.82 Å². The quantitative estimate of drug-likeness (QED) is 0.711. The minimum absolute atomic E-state index is 0. The van der Waals surface area contributed by atoms with Crippen LogP contribution in [0, 0.1) is 11.8 Å². The van der Waals surface area contributed by atoms with E-state index in [2.05, 4.69) is 20.5 Å². The first-order chi connectivity index (χ1) is 12.2. The van der Waals surface area contributed by atoms with Crippen molar-refractivity contribution in [3.05, 3.63) is 30.1 Å². The molecule has 3 rings (SSSR count). The van der Waals surface area contributed by atoms with Crippen molar-refractivity contribution in [2.75, 3.05) is 5.32 Å². The van der Waals surface area contributed by atoms with Crippen LogP contribution in [-0.2, 0) is 11.3 Å². The highest BCUT2D eigenvalue weighted by atomic mass is 35.5. The molecule has 2 aromatic rings. The fourth-order valence-electron chi connectivity index (χ4n) is 3.51. The zero-order chi connectivity index (χ0) is 17.6. The van der Waals surface area contributed by atoms with Crippen molar-refractivity contribution in [3.63, 3.8) is 0 Å². The van der Waals surface area contributed by atoms with Crippen LogP contribution in [0.3, 0.4) is 0 Å². The number of aromatic nitrogens is 3. The van der Waals surface area contributed by atoms with Gasteiger partial charge in [-0.2, -0.15) is 5.10 Å². The molecule has 6 nitrogen and oxygen atoms in total. The molecule has 1 atom stereocenters. The second kappa shape index (κ2) is 9.69. The third kappa shape index (κ3) is 5.29. The molecule has 1 unspecified atom stereocenters. The van der Waals surface area contributed by atoms with Gasteiger partial charge in [0.05, 0.1) is 6.54 Å². The standard InChI is InChI=1S/C19H27N5O.ClH/c1-13(11-14-5-3-2-4-6-14)19(25)21-16-9-7-15(8-10-16)18-22-17(12-20)23-24-18;/h7-10,13-14H,2-6,11-12,20H2,1H3,(H,21,25)(H,22,23,24);1H. The number of H-pyrrole nitrogens is 1. The van der Waals surface area contributed by atoms with Crippen LogP contribution in [0.2, 0.25) is 0 Å². The molecule has 0 saturated heterocycles. The molecular weight excluding hydrogens is 350 g/mol. The molecule has 0 radical (unpaired) electrons. The Kier molecular flexibility index (Phi) is 7.60. The third-order valence-corrected chi connectivity index (χ3v) is 4.99. The molecule has 1 aromatic heterocycles. The summed E-state index contributed by atoms with van der Waals surface area (Å²) < 4.78 is 0. The number of nitrogens with zero attached hydrogens (tertiary/aromatic N) is 2. The lowest BCUT2D eigenvalue weighted by Crippen LogP contribution is -2.23. The molecule has 1 aliphatic rings. The third-order valence-electron chi connectivity index (χ3n) is 4.99. The van der Waals surface area contributed by atoms with Gasteiger partial charge in [0.25, 0.3) is 0 Å². The Morgan fingerprint density at radius 2 is 1.96 bits per heavy atom. The van der Waals surface area contributed by atoms with Crippen LogP contribution in [-0.4, -0.2) is 21.1 Å². The summed E-state index contributed by atoms with van der Waals surface area (Å²) in [6.07, 6.45) is 7.51. The lowest BCUT2D eigenvalue weighted by molar-refractivity contribution is -0.120. The molecule has 1 fully saturated rings. The normalized spacial score (nSPS) is 15.9. The summed E-state index contributed by atoms with van der Waals surface area (Å²) in [5.74, 6) is 2.12. The fraction of sp³-hybridized carbons (Fsp3) is 0.526. The van der Waals surface area contributed by atoms with Gasteiger partial charge in [-0.25, -0.2) is 4.98 Å². The van der Waals surface area contributed by atoms with E-state index in [4.69, 9.17) is 5.73 Å². The summed E-state index contributed by atoms with van der Waals surface area (Å²) in [7, 11) is 0. The molecule has 4 N–H and O–H groups in total. The number of benzene rings is 1. The van der Waals surface area contributed by atoms with Crippen molar-refractivity contribution in [3.8, 4) is 11.4 Å². The zero-order valence-electron chi connectivity index (χ0n) is 15.2. The molecule has 1 aliphatic carbocycles. The lowest BCUT2D eigenvalue weighted by atomic mass is 9.83. The number of carbonyl (C=O) groups excluding carboxylic acids is 1. The first-order valence-electron chi connectivity index (χ1n) is 9.18. The van der Waals surface area contributed by atoms with E-state index in [1.54, 1.807) is 0 Å². The van der Waals surface area contributed by atoms with E-state index >= 15 is 0 Å². The molecular formula is C19H28ClN5O. The maximum Gasteiger partial charge on any atom is 0.227 e. The highest BCUT2D eigenvalue weighted by molar-refractivity contribution is 5.92. The molecule has 142 valence electrons. The number of carbonyl (C=O) groups is 1. The van der Waals surface area contributed by atoms with Crippen LogP contribution in [0.5, 0.6) is 0 Å². The van der Waals surface area contributed by atoms with Gasteiger partial charge in [0.1, 0.15) is 5.82 Å². The van der Waals surface area contributed by atoms with Gasteiger partial charge in [-0.15, -0.1) is 12.4 Å². The van der Waals surface area contributed by atoms with Crippen molar-refractivity contribution >= 4 is 24.0 Å². The van der Waals surface area contributed by atoms with Crippen molar-refractivity contribution in [1.82, 2.24) is 15.2 Å². The van der Waals surface area contributed by atoms with Crippen molar-refractivity contribution in [2.45, 2.75) is 52.0 Å². The van der Waals surface area contributed by atoms with Crippen LogP contribution in [0.25, 0.3) is 11.4 Å². The Hall–Kier alpha value is -1.92. The van der Waals surface area contributed by atoms with E-state index in [1.807, 2.05) is 31.2 Å². The molecule has 0 bridgehead atoms. The summed E-state index contributed by atoms with van der Waals surface area (Å²) in [5, 5.41) is 9.95. The van der Waals surface area contributed by atoms with Gasteiger partial charge < -0.3 is 11.1 Å². The number of aromatic amines is 1. The van der Waals surface area contributed by atoms with Crippen LogP contribution in [0.15, 0.2) is 24.3 Å². The second-order valence-electron chi connectivity index (χ2n) is 7.02. The number of anilines is 1. The van der Waals surface area contributed by atoms with Gasteiger partial charge in [0, 0.05) is 17.2 Å². The van der Waals surface area contributed by atoms with Crippen molar-refractivity contribution in [1.29, 1.82) is 0 Å². The minimum Gasteiger partial charge on any atom is -0.326 e. The van der Waals surface area contributed by atoms with Gasteiger partial charge in [-0.3, -0.25) is 9.89 Å². The van der Waals surface area contributed by atoms with Crippen LogP contribution >= 0.6 is 12.4 Å². The maximum absolute atomic E-state index is 12.4. The second-order valence-corrected chi connectivity index (χ2v) is 7.02. The molecule has 1 aromatic carbocycles. The van der Waals surface area contributed by atoms with Crippen molar-refractivity contribution in [2.24, 2.45) is 17.6 Å². The van der Waals surface area contributed by atoms with E-state index < -0.39 is 0 Å². The minimum atomic E-state index is 0. The summed E-state index contributed by atoms with van der Waals surface area (Å²) >= 11 is 0.